The van der Waals surface area contributed by atoms with Gasteiger partial charge in [0.15, 0.2) is 0 Å². The maximum absolute atomic E-state index is 6.31. The zero-order chi connectivity index (χ0) is 23.5. The number of benzene rings is 3. The molecule has 0 saturated carbocycles. The standard InChI is InChI=1S/C30H38ClNO/c1-4-17-32-22-25-13-15-30(16-14-25)33-18-6-5-8-27(28-9-7-10-29(31)21-28)20-26-12-11-23(2)24(3)19-26/h7,9-16,19,21,27,32H,4-6,8,17-18,20,22H2,1-3H3. The highest BCUT2D eigenvalue weighted by atomic mass is 35.5. The van der Waals surface area contributed by atoms with Crippen molar-refractivity contribution in [1.82, 2.24) is 5.32 Å². The van der Waals surface area contributed by atoms with E-state index in [1.54, 1.807) is 0 Å². The molecule has 0 aliphatic rings. The van der Waals surface area contributed by atoms with E-state index in [1.807, 2.05) is 6.07 Å². The number of nitrogens with one attached hydrogen (secondary N) is 1. The first-order valence-corrected chi connectivity index (χ1v) is 12.7. The molecule has 2 nitrogen and oxygen atoms in total. The molecule has 0 spiro atoms. The molecule has 0 fully saturated rings. The summed E-state index contributed by atoms with van der Waals surface area (Å²) in [5.74, 6) is 1.41. The van der Waals surface area contributed by atoms with E-state index in [-0.39, 0.29) is 0 Å². The zero-order valence-corrected chi connectivity index (χ0v) is 21.1. The molecular weight excluding hydrogens is 426 g/mol. The number of hydrogen-bond acceptors (Lipinski definition) is 2. The fourth-order valence-electron chi connectivity index (χ4n) is 4.16. The van der Waals surface area contributed by atoms with Crippen LogP contribution in [0.5, 0.6) is 5.75 Å². The number of rotatable bonds is 13. The van der Waals surface area contributed by atoms with Gasteiger partial charge in [-0.15, -0.1) is 0 Å². The van der Waals surface area contributed by atoms with Crippen molar-refractivity contribution >= 4 is 11.6 Å². The molecule has 1 atom stereocenters. The number of hydrogen-bond donors (Lipinski definition) is 1. The number of aryl methyl sites for hydroxylation is 2. The van der Waals surface area contributed by atoms with Gasteiger partial charge in [0.2, 0.25) is 0 Å². The molecule has 0 aliphatic heterocycles. The molecule has 3 rings (SSSR count). The van der Waals surface area contributed by atoms with E-state index in [0.717, 1.165) is 62.6 Å². The molecule has 0 bridgehead atoms. The van der Waals surface area contributed by atoms with Gasteiger partial charge in [0.05, 0.1) is 6.61 Å². The fourth-order valence-corrected chi connectivity index (χ4v) is 4.36. The Morgan fingerprint density at radius 2 is 1.67 bits per heavy atom. The van der Waals surface area contributed by atoms with Crippen LogP contribution in [0.1, 0.15) is 66.3 Å². The lowest BCUT2D eigenvalue weighted by Crippen LogP contribution is -2.13. The minimum Gasteiger partial charge on any atom is -0.494 e. The molecule has 3 aromatic rings. The molecule has 0 aliphatic carbocycles. The first kappa shape index (κ1) is 25.3. The van der Waals surface area contributed by atoms with Crippen molar-refractivity contribution in [3.63, 3.8) is 0 Å². The Kier molecular flexibility index (Phi) is 10.3. The van der Waals surface area contributed by atoms with Gasteiger partial charge < -0.3 is 10.1 Å². The number of halogens is 1. The Bertz CT molecular complexity index is 983. The predicted molar refractivity (Wildman–Crippen MR) is 142 cm³/mol. The second-order valence-corrected chi connectivity index (χ2v) is 9.48. The summed E-state index contributed by atoms with van der Waals surface area (Å²) >= 11 is 6.31. The molecule has 0 aromatic heterocycles. The summed E-state index contributed by atoms with van der Waals surface area (Å²) in [7, 11) is 0. The maximum atomic E-state index is 6.31. The van der Waals surface area contributed by atoms with E-state index in [9.17, 15) is 0 Å². The summed E-state index contributed by atoms with van der Waals surface area (Å²) in [6.07, 6.45) is 5.49. The van der Waals surface area contributed by atoms with Crippen LogP contribution in [0, 0.1) is 13.8 Å². The van der Waals surface area contributed by atoms with Crippen LogP contribution in [0.15, 0.2) is 66.7 Å². The topological polar surface area (TPSA) is 21.3 Å². The van der Waals surface area contributed by atoms with Crippen LogP contribution in [0.4, 0.5) is 0 Å². The molecule has 3 aromatic carbocycles. The summed E-state index contributed by atoms with van der Waals surface area (Å²) in [5, 5.41) is 4.25. The van der Waals surface area contributed by atoms with Gasteiger partial charge in [-0.05, 0) is 110 Å². The first-order valence-electron chi connectivity index (χ1n) is 12.3. The van der Waals surface area contributed by atoms with Crippen molar-refractivity contribution in [1.29, 1.82) is 0 Å². The van der Waals surface area contributed by atoms with Crippen molar-refractivity contribution in [2.24, 2.45) is 0 Å². The van der Waals surface area contributed by atoms with Gasteiger partial charge in [-0.25, -0.2) is 0 Å². The smallest absolute Gasteiger partial charge is 0.119 e. The second-order valence-electron chi connectivity index (χ2n) is 9.04. The van der Waals surface area contributed by atoms with E-state index in [4.69, 9.17) is 16.3 Å². The summed E-state index contributed by atoms with van der Waals surface area (Å²) in [5.41, 5.74) is 6.73. The molecule has 0 saturated heterocycles. The average Bonchev–Trinajstić information content (AvgIpc) is 2.81. The quantitative estimate of drug-likeness (QED) is 0.259. The highest BCUT2D eigenvalue weighted by molar-refractivity contribution is 6.30. The van der Waals surface area contributed by atoms with E-state index in [2.05, 4.69) is 86.8 Å². The van der Waals surface area contributed by atoms with Crippen molar-refractivity contribution < 1.29 is 4.74 Å². The van der Waals surface area contributed by atoms with Crippen LogP contribution in [0.2, 0.25) is 5.02 Å². The third kappa shape index (κ3) is 8.53. The molecule has 33 heavy (non-hydrogen) atoms. The molecule has 1 unspecified atom stereocenters. The van der Waals surface area contributed by atoms with Crippen molar-refractivity contribution in [3.05, 3.63) is 99.6 Å². The highest BCUT2D eigenvalue weighted by Gasteiger charge is 2.13. The zero-order valence-electron chi connectivity index (χ0n) is 20.4. The van der Waals surface area contributed by atoms with Gasteiger partial charge in [-0.3, -0.25) is 0 Å². The number of ether oxygens (including phenoxy) is 1. The summed E-state index contributed by atoms with van der Waals surface area (Å²) in [6.45, 7) is 9.27. The van der Waals surface area contributed by atoms with Crippen LogP contribution in [0.3, 0.4) is 0 Å². The van der Waals surface area contributed by atoms with E-state index in [1.165, 1.54) is 27.8 Å². The molecule has 0 heterocycles. The Morgan fingerprint density at radius 1 is 0.879 bits per heavy atom. The van der Waals surface area contributed by atoms with Crippen molar-refractivity contribution in [2.75, 3.05) is 13.2 Å². The lowest BCUT2D eigenvalue weighted by Gasteiger charge is -2.19. The van der Waals surface area contributed by atoms with Gasteiger partial charge in [-0.1, -0.05) is 61.0 Å². The fraction of sp³-hybridized carbons (Fsp3) is 0.400. The Morgan fingerprint density at radius 3 is 2.39 bits per heavy atom. The van der Waals surface area contributed by atoms with Gasteiger partial charge in [0.25, 0.3) is 0 Å². The summed E-state index contributed by atoms with van der Waals surface area (Å²) < 4.78 is 6.00. The Hall–Kier alpha value is -2.29. The lowest BCUT2D eigenvalue weighted by molar-refractivity contribution is 0.303. The highest BCUT2D eigenvalue weighted by Crippen LogP contribution is 2.29. The van der Waals surface area contributed by atoms with Crippen LogP contribution < -0.4 is 10.1 Å². The Balaban J connectivity index is 1.50. The Labute approximate surface area is 205 Å². The molecule has 1 N–H and O–H groups in total. The minimum absolute atomic E-state index is 0.459. The molecule has 0 radical (unpaired) electrons. The van der Waals surface area contributed by atoms with Crippen LogP contribution in [-0.4, -0.2) is 13.2 Å². The normalized spacial score (nSPS) is 12.0. The summed E-state index contributed by atoms with van der Waals surface area (Å²) in [6, 6.07) is 23.7. The monoisotopic (exact) mass is 463 g/mol. The maximum Gasteiger partial charge on any atom is 0.119 e. The SMILES string of the molecule is CCCNCc1ccc(OCCCCC(Cc2ccc(C)c(C)c2)c2cccc(Cl)c2)cc1. The van der Waals surface area contributed by atoms with Crippen LogP contribution >= 0.6 is 11.6 Å². The largest absolute Gasteiger partial charge is 0.494 e. The molecule has 3 heteroatoms. The van der Waals surface area contributed by atoms with Crippen LogP contribution in [0.25, 0.3) is 0 Å². The number of unbranched alkanes of at least 4 members (excludes halogenated alkanes) is 1. The van der Waals surface area contributed by atoms with Crippen molar-refractivity contribution in [2.45, 2.75) is 65.3 Å². The molecule has 176 valence electrons. The van der Waals surface area contributed by atoms with E-state index in [0.29, 0.717) is 5.92 Å². The van der Waals surface area contributed by atoms with E-state index < -0.39 is 0 Å². The average molecular weight is 464 g/mol. The third-order valence-electron chi connectivity index (χ3n) is 6.27. The van der Waals surface area contributed by atoms with Gasteiger partial charge in [0, 0.05) is 11.6 Å². The minimum atomic E-state index is 0.459. The van der Waals surface area contributed by atoms with E-state index >= 15 is 0 Å². The first-order chi connectivity index (χ1) is 16.0. The lowest BCUT2D eigenvalue weighted by atomic mass is 9.87. The summed E-state index contributed by atoms with van der Waals surface area (Å²) in [4.78, 5) is 0. The van der Waals surface area contributed by atoms with Crippen molar-refractivity contribution in [3.8, 4) is 5.75 Å². The third-order valence-corrected chi connectivity index (χ3v) is 6.50. The predicted octanol–water partition coefficient (Wildman–Crippen LogP) is 8.03. The van der Waals surface area contributed by atoms with Gasteiger partial charge in [-0.2, -0.15) is 0 Å². The van der Waals surface area contributed by atoms with Gasteiger partial charge in [0.1, 0.15) is 5.75 Å². The van der Waals surface area contributed by atoms with Crippen LogP contribution in [-0.2, 0) is 13.0 Å². The van der Waals surface area contributed by atoms with Gasteiger partial charge >= 0.3 is 0 Å². The second kappa shape index (κ2) is 13.4. The molecular formula is C30H38ClNO. The molecule has 0 amide bonds.